The molecule has 110 valence electrons. The number of nitrogens with zero attached hydrogens (tertiary/aromatic N) is 3. The molecule has 0 aromatic carbocycles. The summed E-state index contributed by atoms with van der Waals surface area (Å²) in [5.74, 6) is -0.498. The lowest BCUT2D eigenvalue weighted by Crippen LogP contribution is -2.16. The van der Waals surface area contributed by atoms with E-state index in [1.807, 2.05) is 6.92 Å². The Bertz CT molecular complexity index is 885. The van der Waals surface area contributed by atoms with Gasteiger partial charge in [0.15, 0.2) is 0 Å². The molecular weight excluding hydrogens is 282 g/mol. The first-order valence-corrected chi connectivity index (χ1v) is 6.70. The summed E-state index contributed by atoms with van der Waals surface area (Å²) in [6, 6.07) is 9.99. The van der Waals surface area contributed by atoms with Crippen molar-refractivity contribution >= 4 is 11.6 Å². The summed E-state index contributed by atoms with van der Waals surface area (Å²) < 4.78 is 6.59. The fraction of sp³-hybridized carbons (Fsp3) is 0.125. The number of pyridine rings is 2. The molecule has 3 rings (SSSR count). The van der Waals surface area contributed by atoms with Crippen LogP contribution >= 0.6 is 0 Å². The SMILES string of the molecule is Cc1ccc(C(=O)OCc2cc(=O)n3ccccc3n2)cn1. The van der Waals surface area contributed by atoms with Crippen LogP contribution in [0.2, 0.25) is 0 Å². The first-order valence-electron chi connectivity index (χ1n) is 6.70. The minimum atomic E-state index is -0.498. The maximum atomic E-state index is 11.9. The molecule has 0 saturated carbocycles. The molecule has 22 heavy (non-hydrogen) atoms. The Morgan fingerprint density at radius 3 is 2.91 bits per heavy atom. The molecule has 0 aliphatic rings. The topological polar surface area (TPSA) is 73.6 Å². The molecule has 3 aromatic rings. The molecule has 0 aliphatic heterocycles. The molecule has 0 amide bonds. The first kappa shape index (κ1) is 13.9. The van der Waals surface area contributed by atoms with Gasteiger partial charge in [-0.3, -0.25) is 14.2 Å². The lowest BCUT2D eigenvalue weighted by atomic mass is 10.2. The van der Waals surface area contributed by atoms with Crippen LogP contribution in [-0.4, -0.2) is 20.3 Å². The predicted octanol–water partition coefficient (Wildman–Crippen LogP) is 1.75. The van der Waals surface area contributed by atoms with Crippen molar-refractivity contribution in [2.45, 2.75) is 13.5 Å². The van der Waals surface area contributed by atoms with E-state index in [4.69, 9.17) is 4.74 Å². The van der Waals surface area contributed by atoms with Gasteiger partial charge in [-0.1, -0.05) is 6.07 Å². The van der Waals surface area contributed by atoms with E-state index in [1.54, 1.807) is 36.5 Å². The van der Waals surface area contributed by atoms with Gasteiger partial charge in [-0.15, -0.1) is 0 Å². The number of carbonyl (C=O) groups excluding carboxylic acids is 1. The minimum absolute atomic E-state index is 0.0622. The fourth-order valence-corrected chi connectivity index (χ4v) is 1.99. The summed E-state index contributed by atoms with van der Waals surface area (Å²) in [4.78, 5) is 32.2. The number of esters is 1. The van der Waals surface area contributed by atoms with E-state index < -0.39 is 5.97 Å². The van der Waals surface area contributed by atoms with Crippen molar-refractivity contribution in [2.75, 3.05) is 0 Å². The highest BCUT2D eigenvalue weighted by molar-refractivity contribution is 5.88. The van der Waals surface area contributed by atoms with E-state index in [0.717, 1.165) is 5.69 Å². The van der Waals surface area contributed by atoms with E-state index >= 15 is 0 Å². The van der Waals surface area contributed by atoms with Crippen molar-refractivity contribution in [3.63, 3.8) is 0 Å². The highest BCUT2D eigenvalue weighted by atomic mass is 16.5. The summed E-state index contributed by atoms with van der Waals surface area (Å²) in [7, 11) is 0. The van der Waals surface area contributed by atoms with Crippen molar-refractivity contribution in [1.29, 1.82) is 0 Å². The molecule has 0 saturated heterocycles. The van der Waals surface area contributed by atoms with Crippen LogP contribution in [0.25, 0.3) is 5.65 Å². The van der Waals surface area contributed by atoms with Crippen LogP contribution < -0.4 is 5.56 Å². The van der Waals surface area contributed by atoms with Gasteiger partial charge < -0.3 is 4.74 Å². The lowest BCUT2D eigenvalue weighted by Gasteiger charge is -2.06. The van der Waals surface area contributed by atoms with Gasteiger partial charge in [0.1, 0.15) is 12.3 Å². The van der Waals surface area contributed by atoms with Gasteiger partial charge in [-0.05, 0) is 31.2 Å². The number of hydrogen-bond donors (Lipinski definition) is 0. The molecular formula is C16H13N3O3. The van der Waals surface area contributed by atoms with E-state index in [0.29, 0.717) is 16.9 Å². The number of carbonyl (C=O) groups is 1. The van der Waals surface area contributed by atoms with Crippen LogP contribution in [0.3, 0.4) is 0 Å². The van der Waals surface area contributed by atoms with Crippen LogP contribution in [0.15, 0.2) is 53.6 Å². The number of aromatic nitrogens is 3. The molecule has 6 nitrogen and oxygen atoms in total. The Morgan fingerprint density at radius 2 is 2.14 bits per heavy atom. The van der Waals surface area contributed by atoms with Crippen molar-refractivity contribution in [3.8, 4) is 0 Å². The summed E-state index contributed by atoms with van der Waals surface area (Å²) in [6.45, 7) is 1.77. The number of ether oxygens (including phenoxy) is 1. The zero-order valence-electron chi connectivity index (χ0n) is 11.9. The van der Waals surface area contributed by atoms with Gasteiger partial charge in [0, 0.05) is 24.2 Å². The molecule has 6 heteroatoms. The number of aryl methyl sites for hydroxylation is 1. The van der Waals surface area contributed by atoms with Gasteiger partial charge in [0.25, 0.3) is 5.56 Å². The first-order chi connectivity index (χ1) is 10.6. The van der Waals surface area contributed by atoms with Crippen LogP contribution in [0, 0.1) is 6.92 Å². The molecule has 0 bridgehead atoms. The van der Waals surface area contributed by atoms with Crippen LogP contribution in [0.1, 0.15) is 21.7 Å². The van der Waals surface area contributed by atoms with Crippen molar-refractivity contribution < 1.29 is 9.53 Å². The van der Waals surface area contributed by atoms with E-state index in [1.165, 1.54) is 16.7 Å². The number of fused-ring (bicyclic) bond motifs is 1. The molecule has 0 unspecified atom stereocenters. The van der Waals surface area contributed by atoms with Gasteiger partial charge in [-0.25, -0.2) is 9.78 Å². The van der Waals surface area contributed by atoms with Crippen LogP contribution in [-0.2, 0) is 11.3 Å². The van der Waals surface area contributed by atoms with Crippen molar-refractivity contribution in [1.82, 2.24) is 14.4 Å². The van der Waals surface area contributed by atoms with Crippen LogP contribution in [0.5, 0.6) is 0 Å². The summed E-state index contributed by atoms with van der Waals surface area (Å²) in [5.41, 5.74) is 1.89. The Morgan fingerprint density at radius 1 is 1.27 bits per heavy atom. The van der Waals surface area contributed by atoms with Crippen molar-refractivity contribution in [3.05, 3.63) is 76.1 Å². The molecule has 0 N–H and O–H groups in total. The zero-order chi connectivity index (χ0) is 15.5. The standard InChI is InChI=1S/C16H13N3O3/c1-11-5-6-12(9-17-11)16(21)22-10-13-8-15(20)19-7-3-2-4-14(19)18-13/h2-9H,10H2,1H3. The summed E-state index contributed by atoms with van der Waals surface area (Å²) in [5, 5.41) is 0. The fourth-order valence-electron chi connectivity index (χ4n) is 1.99. The summed E-state index contributed by atoms with van der Waals surface area (Å²) in [6.07, 6.45) is 3.10. The van der Waals surface area contributed by atoms with E-state index in [9.17, 15) is 9.59 Å². The van der Waals surface area contributed by atoms with Crippen molar-refractivity contribution in [2.24, 2.45) is 0 Å². The largest absolute Gasteiger partial charge is 0.456 e. The molecule has 0 fully saturated rings. The van der Waals surface area contributed by atoms with Gasteiger partial charge in [0.05, 0.1) is 11.3 Å². The highest BCUT2D eigenvalue weighted by Crippen LogP contribution is 2.05. The molecule has 0 radical (unpaired) electrons. The summed E-state index contributed by atoms with van der Waals surface area (Å²) >= 11 is 0. The molecule has 3 heterocycles. The maximum Gasteiger partial charge on any atom is 0.340 e. The van der Waals surface area contributed by atoms with Gasteiger partial charge in [-0.2, -0.15) is 0 Å². The normalized spacial score (nSPS) is 10.6. The van der Waals surface area contributed by atoms with Crippen LogP contribution in [0.4, 0.5) is 0 Å². The predicted molar refractivity (Wildman–Crippen MR) is 79.6 cm³/mol. The highest BCUT2D eigenvalue weighted by Gasteiger charge is 2.09. The molecule has 3 aromatic heterocycles. The Labute approximate surface area is 126 Å². The third-order valence-electron chi connectivity index (χ3n) is 3.12. The Kier molecular flexibility index (Phi) is 3.65. The smallest absolute Gasteiger partial charge is 0.340 e. The van der Waals surface area contributed by atoms with E-state index in [2.05, 4.69) is 9.97 Å². The molecule has 0 aliphatic carbocycles. The quantitative estimate of drug-likeness (QED) is 0.688. The average Bonchev–Trinajstić information content (AvgIpc) is 2.53. The zero-order valence-corrected chi connectivity index (χ0v) is 11.9. The number of hydrogen-bond acceptors (Lipinski definition) is 5. The third kappa shape index (κ3) is 2.85. The monoisotopic (exact) mass is 295 g/mol. The van der Waals surface area contributed by atoms with Gasteiger partial charge >= 0.3 is 5.97 Å². The van der Waals surface area contributed by atoms with E-state index in [-0.39, 0.29) is 12.2 Å². The number of rotatable bonds is 3. The second-order valence-electron chi connectivity index (χ2n) is 4.78. The Balaban J connectivity index is 1.77. The molecule has 0 spiro atoms. The second-order valence-corrected chi connectivity index (χ2v) is 4.78. The lowest BCUT2D eigenvalue weighted by molar-refractivity contribution is 0.0467. The Hall–Kier alpha value is -3.02. The second kappa shape index (κ2) is 5.77. The third-order valence-corrected chi connectivity index (χ3v) is 3.12. The molecule has 0 atom stereocenters. The minimum Gasteiger partial charge on any atom is -0.456 e. The van der Waals surface area contributed by atoms with Gasteiger partial charge in [0.2, 0.25) is 0 Å². The average molecular weight is 295 g/mol. The maximum absolute atomic E-state index is 11.9.